The van der Waals surface area contributed by atoms with Crippen LogP contribution in [0.4, 0.5) is 0 Å². The van der Waals surface area contributed by atoms with E-state index in [4.69, 9.17) is 11.5 Å². The predicted molar refractivity (Wildman–Crippen MR) is 162 cm³/mol. The number of nitrogens with one attached hydrogen (secondary N) is 4. The standard InChI is InChI=1S/C31H35N7O6/c32-21(12-17-15-34-22-8-3-1-6-19(17)22)30(42)38-11-5-10-26(38)29(41)36-24(28(40)37-25(31(43)44)14-27(33)39)13-18-16-35-23-9-4-2-7-20(18)23/h1-4,6-9,15-16,21,24-26,34-35H,5,10-14,32H2,(H2,33,39)(H,36,41)(H,37,40)(H,43,44). The van der Waals surface area contributed by atoms with Crippen LogP contribution in [0.25, 0.3) is 21.8 Å². The van der Waals surface area contributed by atoms with Crippen LogP contribution >= 0.6 is 0 Å². The highest BCUT2D eigenvalue weighted by molar-refractivity contribution is 5.96. The number of primary amides is 1. The molecule has 2 aromatic heterocycles. The molecule has 4 atom stereocenters. The van der Waals surface area contributed by atoms with Crippen molar-refractivity contribution in [1.29, 1.82) is 0 Å². The molecule has 4 aromatic rings. The average molecular weight is 602 g/mol. The van der Waals surface area contributed by atoms with Crippen molar-refractivity contribution in [1.82, 2.24) is 25.5 Å². The largest absolute Gasteiger partial charge is 0.480 e. The van der Waals surface area contributed by atoms with Gasteiger partial charge in [0.1, 0.15) is 18.1 Å². The van der Waals surface area contributed by atoms with Gasteiger partial charge >= 0.3 is 5.97 Å². The zero-order chi connectivity index (χ0) is 31.4. The third-order valence-corrected chi connectivity index (χ3v) is 8.02. The number of aromatic amines is 2. The normalized spacial score (nSPS) is 16.8. The number of H-pyrrole nitrogens is 2. The van der Waals surface area contributed by atoms with Gasteiger partial charge in [0.05, 0.1) is 12.5 Å². The summed E-state index contributed by atoms with van der Waals surface area (Å²) in [6.07, 6.45) is 4.16. The number of carboxylic acid groups (broad SMARTS) is 1. The first kappa shape index (κ1) is 30.3. The van der Waals surface area contributed by atoms with Crippen molar-refractivity contribution in [3.8, 4) is 0 Å². The minimum absolute atomic E-state index is 0.0191. The minimum Gasteiger partial charge on any atom is -0.480 e. The number of benzene rings is 2. The summed E-state index contributed by atoms with van der Waals surface area (Å²) in [5.74, 6) is -4.08. The molecule has 230 valence electrons. The number of hydrogen-bond acceptors (Lipinski definition) is 6. The number of para-hydroxylation sites is 2. The van der Waals surface area contributed by atoms with E-state index in [-0.39, 0.29) is 18.7 Å². The van der Waals surface area contributed by atoms with Crippen LogP contribution in [0, 0.1) is 0 Å². The van der Waals surface area contributed by atoms with Crippen LogP contribution in [0.2, 0.25) is 0 Å². The quantitative estimate of drug-likeness (QED) is 0.123. The lowest BCUT2D eigenvalue weighted by atomic mass is 10.0. The number of carboxylic acids is 1. The van der Waals surface area contributed by atoms with Crippen molar-refractivity contribution in [2.75, 3.05) is 6.54 Å². The Kier molecular flexibility index (Phi) is 8.95. The van der Waals surface area contributed by atoms with Gasteiger partial charge in [-0.15, -0.1) is 0 Å². The van der Waals surface area contributed by atoms with E-state index in [2.05, 4.69) is 20.6 Å². The summed E-state index contributed by atoms with van der Waals surface area (Å²) >= 11 is 0. The van der Waals surface area contributed by atoms with Crippen LogP contribution in [0.5, 0.6) is 0 Å². The molecule has 2 aromatic carbocycles. The minimum atomic E-state index is -1.57. The van der Waals surface area contributed by atoms with Crippen molar-refractivity contribution in [2.45, 2.75) is 56.3 Å². The van der Waals surface area contributed by atoms with Gasteiger partial charge in [0.25, 0.3) is 0 Å². The molecule has 4 unspecified atom stereocenters. The Labute approximate surface area is 252 Å². The Morgan fingerprint density at radius 1 is 0.886 bits per heavy atom. The van der Waals surface area contributed by atoms with Crippen LogP contribution < -0.4 is 22.1 Å². The van der Waals surface area contributed by atoms with Gasteiger partial charge in [-0.2, -0.15) is 0 Å². The van der Waals surface area contributed by atoms with Crippen molar-refractivity contribution in [2.24, 2.45) is 11.5 Å². The van der Waals surface area contributed by atoms with Crippen molar-refractivity contribution in [3.63, 3.8) is 0 Å². The first-order valence-electron chi connectivity index (χ1n) is 14.4. The molecule has 44 heavy (non-hydrogen) atoms. The number of nitrogens with zero attached hydrogens (tertiary/aromatic N) is 1. The van der Waals surface area contributed by atoms with Gasteiger partial charge < -0.3 is 42.1 Å². The highest BCUT2D eigenvalue weighted by Gasteiger charge is 2.38. The fourth-order valence-electron chi connectivity index (χ4n) is 5.81. The van der Waals surface area contributed by atoms with Crippen LogP contribution in [0.15, 0.2) is 60.9 Å². The van der Waals surface area contributed by atoms with Crippen LogP contribution in [-0.2, 0) is 36.8 Å². The molecule has 0 radical (unpaired) electrons. The number of aliphatic carboxylic acids is 1. The number of rotatable bonds is 12. The lowest BCUT2D eigenvalue weighted by Crippen LogP contribution is -2.57. The predicted octanol–water partition coefficient (Wildman–Crippen LogP) is 0.682. The molecule has 0 aliphatic carbocycles. The Morgan fingerprint density at radius 2 is 1.48 bits per heavy atom. The summed E-state index contributed by atoms with van der Waals surface area (Å²) in [7, 11) is 0. The van der Waals surface area contributed by atoms with Crippen molar-refractivity contribution >= 4 is 51.4 Å². The Morgan fingerprint density at radius 3 is 2.07 bits per heavy atom. The molecule has 5 rings (SSSR count). The summed E-state index contributed by atoms with van der Waals surface area (Å²) in [5, 5.41) is 16.4. The van der Waals surface area contributed by atoms with Crippen LogP contribution in [0.3, 0.4) is 0 Å². The molecule has 9 N–H and O–H groups in total. The summed E-state index contributed by atoms with van der Waals surface area (Å²) < 4.78 is 0. The number of nitrogens with two attached hydrogens (primary N) is 2. The highest BCUT2D eigenvalue weighted by Crippen LogP contribution is 2.23. The average Bonchev–Trinajstić information content (AvgIpc) is 3.75. The van der Waals surface area contributed by atoms with Gasteiger partial charge in [-0.25, -0.2) is 4.79 Å². The zero-order valence-electron chi connectivity index (χ0n) is 23.9. The molecule has 0 spiro atoms. The summed E-state index contributed by atoms with van der Waals surface area (Å²) in [6, 6.07) is 10.6. The smallest absolute Gasteiger partial charge is 0.326 e. The highest BCUT2D eigenvalue weighted by atomic mass is 16.4. The SMILES string of the molecule is NC(=O)CC(NC(=O)C(Cc1c[nH]c2ccccc12)NC(=O)C1CCCN1C(=O)C(N)Cc1c[nH]c2ccccc12)C(=O)O. The van der Waals surface area contributed by atoms with Crippen LogP contribution in [0.1, 0.15) is 30.4 Å². The van der Waals surface area contributed by atoms with Gasteiger partial charge in [0, 0.05) is 47.2 Å². The Hall–Kier alpha value is -5.17. The topological polar surface area (TPSA) is 216 Å². The van der Waals surface area contributed by atoms with E-state index < -0.39 is 54.3 Å². The molecular weight excluding hydrogens is 566 g/mol. The molecule has 1 fully saturated rings. The molecule has 0 saturated carbocycles. The Balaban J connectivity index is 1.33. The lowest BCUT2D eigenvalue weighted by molar-refractivity contribution is -0.144. The maximum atomic E-state index is 13.6. The molecular formula is C31H35N7O6. The van der Waals surface area contributed by atoms with Gasteiger partial charge in [0.2, 0.25) is 23.6 Å². The summed E-state index contributed by atoms with van der Waals surface area (Å²) in [5.41, 5.74) is 14.9. The molecule has 13 nitrogen and oxygen atoms in total. The molecule has 1 saturated heterocycles. The van der Waals surface area contributed by atoms with E-state index in [1.54, 1.807) is 6.20 Å². The first-order chi connectivity index (χ1) is 21.1. The van der Waals surface area contributed by atoms with Gasteiger partial charge in [0.15, 0.2) is 0 Å². The zero-order valence-corrected chi connectivity index (χ0v) is 23.9. The molecule has 0 bridgehead atoms. The third kappa shape index (κ3) is 6.57. The number of likely N-dealkylation sites (tertiary alicyclic amines) is 1. The lowest BCUT2D eigenvalue weighted by Gasteiger charge is -2.28. The molecule has 1 aliphatic heterocycles. The van der Waals surface area contributed by atoms with Gasteiger partial charge in [-0.3, -0.25) is 19.2 Å². The molecule has 4 amide bonds. The van der Waals surface area contributed by atoms with Crippen molar-refractivity contribution in [3.05, 3.63) is 72.1 Å². The maximum absolute atomic E-state index is 13.6. The van der Waals surface area contributed by atoms with E-state index in [0.29, 0.717) is 24.9 Å². The molecule has 1 aliphatic rings. The van der Waals surface area contributed by atoms with E-state index in [1.807, 2.05) is 54.7 Å². The second-order valence-electron chi connectivity index (χ2n) is 11.1. The summed E-state index contributed by atoms with van der Waals surface area (Å²) in [4.78, 5) is 71.4. The fraction of sp³-hybridized carbons (Fsp3) is 0.323. The number of fused-ring (bicyclic) bond motifs is 2. The third-order valence-electron chi connectivity index (χ3n) is 8.02. The van der Waals surface area contributed by atoms with E-state index in [1.165, 1.54) is 4.90 Å². The second kappa shape index (κ2) is 13.0. The fourth-order valence-corrected chi connectivity index (χ4v) is 5.81. The van der Waals surface area contributed by atoms with Gasteiger partial charge in [-0.1, -0.05) is 36.4 Å². The van der Waals surface area contributed by atoms with Crippen molar-refractivity contribution < 1.29 is 29.1 Å². The maximum Gasteiger partial charge on any atom is 0.326 e. The summed E-state index contributed by atoms with van der Waals surface area (Å²) in [6.45, 7) is 0.331. The Bertz CT molecular complexity index is 1710. The van der Waals surface area contributed by atoms with Gasteiger partial charge in [-0.05, 0) is 42.5 Å². The van der Waals surface area contributed by atoms with E-state index in [9.17, 15) is 29.1 Å². The number of carbonyl (C=O) groups excluding carboxylic acids is 4. The second-order valence-corrected chi connectivity index (χ2v) is 11.1. The van der Waals surface area contributed by atoms with Crippen LogP contribution in [-0.4, -0.2) is 80.3 Å². The number of carbonyl (C=O) groups is 5. The molecule has 13 heteroatoms. The van der Waals surface area contributed by atoms with E-state index >= 15 is 0 Å². The van der Waals surface area contributed by atoms with E-state index in [0.717, 1.165) is 27.4 Å². The number of aromatic nitrogens is 2. The molecule has 3 heterocycles. The number of amides is 4. The number of hydrogen-bond donors (Lipinski definition) is 7. The monoisotopic (exact) mass is 601 g/mol. The first-order valence-corrected chi connectivity index (χ1v) is 14.4.